The minimum Gasteiger partial charge on any atom is -0.324 e. The summed E-state index contributed by atoms with van der Waals surface area (Å²) in [5.41, 5.74) is 3.59. The highest BCUT2D eigenvalue weighted by molar-refractivity contribution is 7.99. The molecular formula is C15H19ClN2S. The summed E-state index contributed by atoms with van der Waals surface area (Å²) in [5.74, 6) is 1.52. The minimum atomic E-state index is 0.494. The van der Waals surface area contributed by atoms with Crippen LogP contribution in [0.1, 0.15) is 36.7 Å². The van der Waals surface area contributed by atoms with E-state index < -0.39 is 0 Å². The van der Waals surface area contributed by atoms with E-state index in [-0.39, 0.29) is 0 Å². The molecule has 0 amide bonds. The van der Waals surface area contributed by atoms with Crippen molar-refractivity contribution in [3.8, 4) is 0 Å². The number of nitrogens with zero attached hydrogens (tertiary/aromatic N) is 2. The Bertz CT molecular complexity index is 593. The van der Waals surface area contributed by atoms with E-state index in [4.69, 9.17) is 16.6 Å². The van der Waals surface area contributed by atoms with Gasteiger partial charge < -0.3 is 4.57 Å². The van der Waals surface area contributed by atoms with Gasteiger partial charge in [0.2, 0.25) is 0 Å². The first-order valence-electron chi connectivity index (χ1n) is 6.79. The molecule has 1 aliphatic carbocycles. The first kappa shape index (κ1) is 13.3. The molecule has 19 heavy (non-hydrogen) atoms. The number of aromatic nitrogens is 2. The predicted molar refractivity (Wildman–Crippen MR) is 84.2 cm³/mol. The fourth-order valence-corrected chi connectivity index (χ4v) is 4.10. The van der Waals surface area contributed by atoms with Gasteiger partial charge in [-0.3, -0.25) is 0 Å². The van der Waals surface area contributed by atoms with E-state index in [0.29, 0.717) is 11.9 Å². The van der Waals surface area contributed by atoms with Crippen LogP contribution in [0.3, 0.4) is 0 Å². The third-order valence-corrected chi connectivity index (χ3v) is 5.43. The number of hydrogen-bond donors (Lipinski definition) is 0. The number of alkyl halides is 1. The molecule has 0 bridgehead atoms. The number of imidazole rings is 1. The van der Waals surface area contributed by atoms with Crippen LogP contribution in [0.2, 0.25) is 0 Å². The van der Waals surface area contributed by atoms with Gasteiger partial charge in [0, 0.05) is 11.3 Å². The van der Waals surface area contributed by atoms with Crippen molar-refractivity contribution in [1.29, 1.82) is 0 Å². The summed E-state index contributed by atoms with van der Waals surface area (Å²) in [6.07, 6.45) is 6.00. The van der Waals surface area contributed by atoms with E-state index in [1.54, 1.807) is 0 Å². The highest BCUT2D eigenvalue weighted by Crippen LogP contribution is 2.38. The van der Waals surface area contributed by atoms with Crippen LogP contribution in [0.4, 0.5) is 0 Å². The average Bonchev–Trinajstić information content (AvgIpc) is 3.00. The fourth-order valence-electron chi connectivity index (χ4n) is 3.13. The summed E-state index contributed by atoms with van der Waals surface area (Å²) in [7, 11) is 0. The molecule has 2 aromatic rings. The van der Waals surface area contributed by atoms with E-state index in [9.17, 15) is 0 Å². The maximum absolute atomic E-state index is 6.10. The Labute approximate surface area is 123 Å². The van der Waals surface area contributed by atoms with Crippen LogP contribution in [-0.4, -0.2) is 21.1 Å². The molecule has 0 aliphatic heterocycles. The summed E-state index contributed by atoms with van der Waals surface area (Å²) in [5, 5.41) is 0.788. The van der Waals surface area contributed by atoms with Crippen molar-refractivity contribution >= 4 is 34.4 Å². The Balaban J connectivity index is 2.06. The van der Waals surface area contributed by atoms with Gasteiger partial charge in [-0.05, 0) is 50.1 Å². The lowest BCUT2D eigenvalue weighted by atomic mass is 10.2. The molecule has 4 heteroatoms. The van der Waals surface area contributed by atoms with E-state index in [0.717, 1.165) is 16.6 Å². The van der Waals surface area contributed by atoms with Crippen molar-refractivity contribution in [3.05, 3.63) is 29.6 Å². The van der Waals surface area contributed by atoms with Gasteiger partial charge in [-0.15, -0.1) is 11.6 Å². The Kier molecular flexibility index (Phi) is 3.77. The molecule has 1 heterocycles. The second-order valence-electron chi connectivity index (χ2n) is 5.35. The molecule has 3 rings (SSSR count). The van der Waals surface area contributed by atoms with Crippen LogP contribution in [0.5, 0.6) is 0 Å². The molecular weight excluding hydrogens is 276 g/mol. The Hall–Kier alpha value is -0.670. The first-order chi connectivity index (χ1) is 9.22. The summed E-state index contributed by atoms with van der Waals surface area (Å²) in [4.78, 5) is 4.71. The van der Waals surface area contributed by atoms with E-state index in [1.165, 1.54) is 30.3 Å². The molecule has 1 aromatic heterocycles. The lowest BCUT2D eigenvalue weighted by Gasteiger charge is -2.16. The van der Waals surface area contributed by atoms with Crippen molar-refractivity contribution in [2.24, 2.45) is 0 Å². The van der Waals surface area contributed by atoms with E-state index >= 15 is 0 Å². The normalized spacial score (nSPS) is 23.3. The number of aryl methyl sites for hydroxylation is 1. The van der Waals surface area contributed by atoms with Gasteiger partial charge in [-0.2, -0.15) is 11.8 Å². The van der Waals surface area contributed by atoms with Gasteiger partial charge in [0.05, 0.1) is 16.9 Å². The quantitative estimate of drug-likeness (QED) is 0.774. The number of hydrogen-bond acceptors (Lipinski definition) is 2. The highest BCUT2D eigenvalue weighted by atomic mass is 35.5. The number of benzene rings is 1. The lowest BCUT2D eigenvalue weighted by Crippen LogP contribution is -2.09. The lowest BCUT2D eigenvalue weighted by molar-refractivity contribution is 0.519. The molecule has 0 saturated heterocycles. The summed E-state index contributed by atoms with van der Waals surface area (Å²) >= 11 is 8.09. The van der Waals surface area contributed by atoms with Gasteiger partial charge in [0.1, 0.15) is 5.82 Å². The molecule has 1 fully saturated rings. The molecule has 2 nitrogen and oxygen atoms in total. The number of halogens is 1. The summed E-state index contributed by atoms with van der Waals surface area (Å²) in [6.45, 7) is 2.11. The number of fused-ring (bicyclic) bond motifs is 1. The van der Waals surface area contributed by atoms with Gasteiger partial charge in [0.25, 0.3) is 0 Å². The van der Waals surface area contributed by atoms with Crippen molar-refractivity contribution in [1.82, 2.24) is 9.55 Å². The molecule has 0 radical (unpaired) electrons. The van der Waals surface area contributed by atoms with Crippen molar-refractivity contribution in [2.45, 2.75) is 43.4 Å². The van der Waals surface area contributed by atoms with Gasteiger partial charge >= 0.3 is 0 Å². The summed E-state index contributed by atoms with van der Waals surface area (Å²) < 4.78 is 2.39. The molecule has 1 saturated carbocycles. The van der Waals surface area contributed by atoms with Crippen LogP contribution in [-0.2, 0) is 5.88 Å². The zero-order chi connectivity index (χ0) is 13.4. The third-order valence-electron chi connectivity index (χ3n) is 4.09. The van der Waals surface area contributed by atoms with Crippen molar-refractivity contribution in [3.63, 3.8) is 0 Å². The molecule has 2 atom stereocenters. The zero-order valence-electron chi connectivity index (χ0n) is 11.4. The van der Waals surface area contributed by atoms with Gasteiger partial charge in [0.15, 0.2) is 0 Å². The smallest absolute Gasteiger partial charge is 0.125 e. The second-order valence-corrected chi connectivity index (χ2v) is 6.75. The standard InChI is InChI=1S/C15H19ClN2S/c1-10-3-6-14-13(7-10)17-15(9-16)18(14)11-4-5-12(8-11)19-2/h3,6-7,11-12H,4-5,8-9H2,1-2H3. The van der Waals surface area contributed by atoms with Gasteiger partial charge in [-0.25, -0.2) is 4.98 Å². The third kappa shape index (κ3) is 2.38. The van der Waals surface area contributed by atoms with Crippen molar-refractivity contribution < 1.29 is 0 Å². The highest BCUT2D eigenvalue weighted by Gasteiger charge is 2.28. The van der Waals surface area contributed by atoms with Crippen molar-refractivity contribution in [2.75, 3.05) is 6.26 Å². The molecule has 1 aliphatic rings. The SMILES string of the molecule is CSC1CCC(n2c(CCl)nc3cc(C)ccc32)C1. The fraction of sp³-hybridized carbons (Fsp3) is 0.533. The number of thioether (sulfide) groups is 1. The molecule has 0 N–H and O–H groups in total. The Morgan fingerprint density at radius 1 is 1.42 bits per heavy atom. The maximum atomic E-state index is 6.10. The Morgan fingerprint density at radius 2 is 2.26 bits per heavy atom. The topological polar surface area (TPSA) is 17.8 Å². The van der Waals surface area contributed by atoms with E-state index in [2.05, 4.69) is 35.9 Å². The minimum absolute atomic E-state index is 0.494. The maximum Gasteiger partial charge on any atom is 0.125 e. The van der Waals surface area contributed by atoms with Crippen LogP contribution < -0.4 is 0 Å². The molecule has 102 valence electrons. The molecule has 0 spiro atoms. The average molecular weight is 295 g/mol. The first-order valence-corrected chi connectivity index (χ1v) is 8.61. The van der Waals surface area contributed by atoms with Crippen LogP contribution in [0, 0.1) is 6.92 Å². The van der Waals surface area contributed by atoms with Crippen LogP contribution in [0.25, 0.3) is 11.0 Å². The molecule has 2 unspecified atom stereocenters. The monoisotopic (exact) mass is 294 g/mol. The predicted octanol–water partition coefficient (Wildman–Crippen LogP) is 4.54. The summed E-state index contributed by atoms with van der Waals surface area (Å²) in [6, 6.07) is 7.08. The van der Waals surface area contributed by atoms with Crippen LogP contribution >= 0.6 is 23.4 Å². The van der Waals surface area contributed by atoms with E-state index in [1.807, 2.05) is 11.8 Å². The second kappa shape index (κ2) is 5.37. The Morgan fingerprint density at radius 3 is 2.95 bits per heavy atom. The zero-order valence-corrected chi connectivity index (χ0v) is 13.0. The number of rotatable bonds is 3. The van der Waals surface area contributed by atoms with Crippen LogP contribution in [0.15, 0.2) is 18.2 Å². The largest absolute Gasteiger partial charge is 0.324 e. The molecule has 1 aromatic carbocycles. The van der Waals surface area contributed by atoms with Gasteiger partial charge in [-0.1, -0.05) is 6.07 Å².